The van der Waals surface area contributed by atoms with Crippen molar-refractivity contribution in [2.45, 2.75) is 13.5 Å². The number of hydrogen-bond acceptors (Lipinski definition) is 2. The maximum atomic E-state index is 10.9. The summed E-state index contributed by atoms with van der Waals surface area (Å²) >= 11 is 6.05. The number of carbonyl (C=O) groups excluding carboxylic acids is 1. The summed E-state index contributed by atoms with van der Waals surface area (Å²) in [7, 11) is 0. The van der Waals surface area contributed by atoms with Crippen LogP contribution in [0.5, 0.6) is 0 Å². The van der Waals surface area contributed by atoms with Crippen molar-refractivity contribution in [3.63, 3.8) is 0 Å². The molecule has 3 nitrogen and oxygen atoms in total. The summed E-state index contributed by atoms with van der Waals surface area (Å²) in [5, 5.41) is 10.5. The first-order valence-corrected chi connectivity index (χ1v) is 5.40. The van der Waals surface area contributed by atoms with E-state index in [9.17, 15) is 4.79 Å². The van der Waals surface area contributed by atoms with Crippen molar-refractivity contribution < 1.29 is 9.90 Å². The predicted molar refractivity (Wildman–Crippen MR) is 64.2 cm³/mol. The molecule has 2 aromatic rings. The van der Waals surface area contributed by atoms with Crippen molar-refractivity contribution in [1.29, 1.82) is 0 Å². The van der Waals surface area contributed by atoms with E-state index in [1.54, 1.807) is 6.20 Å². The van der Waals surface area contributed by atoms with E-state index in [1.807, 2.05) is 23.6 Å². The Morgan fingerprint density at radius 2 is 2.25 bits per heavy atom. The van der Waals surface area contributed by atoms with Gasteiger partial charge in [0, 0.05) is 28.7 Å². The number of aryl methyl sites for hydroxylation is 1. The van der Waals surface area contributed by atoms with E-state index in [0.29, 0.717) is 17.1 Å². The molecule has 1 heterocycles. The molecule has 0 bridgehead atoms. The van der Waals surface area contributed by atoms with Crippen molar-refractivity contribution in [3.8, 4) is 0 Å². The van der Waals surface area contributed by atoms with Crippen LogP contribution >= 0.6 is 11.6 Å². The summed E-state index contributed by atoms with van der Waals surface area (Å²) in [4.78, 5) is 10.9. The number of halogens is 1. The zero-order valence-corrected chi connectivity index (χ0v) is 9.66. The molecule has 84 valence electrons. The lowest BCUT2D eigenvalue weighted by Crippen LogP contribution is -1.99. The van der Waals surface area contributed by atoms with Gasteiger partial charge in [-0.05, 0) is 24.6 Å². The first-order chi connectivity index (χ1) is 7.67. The molecule has 0 spiro atoms. The molecule has 16 heavy (non-hydrogen) atoms. The SMILES string of the molecule is Cc1cc2c(C=O)cn(CCO)c2cc1Cl. The highest BCUT2D eigenvalue weighted by Crippen LogP contribution is 2.26. The second-order valence-corrected chi connectivity index (χ2v) is 4.15. The molecule has 0 aliphatic rings. The van der Waals surface area contributed by atoms with Crippen LogP contribution in [0.3, 0.4) is 0 Å². The minimum Gasteiger partial charge on any atom is -0.395 e. The lowest BCUT2D eigenvalue weighted by molar-refractivity contribution is 0.112. The summed E-state index contributed by atoms with van der Waals surface area (Å²) in [6, 6.07) is 3.73. The van der Waals surface area contributed by atoms with Gasteiger partial charge < -0.3 is 9.67 Å². The molecule has 0 aliphatic carbocycles. The number of aldehydes is 1. The van der Waals surface area contributed by atoms with Crippen LogP contribution in [0, 0.1) is 6.92 Å². The van der Waals surface area contributed by atoms with Crippen LogP contribution in [0.1, 0.15) is 15.9 Å². The number of nitrogens with zero attached hydrogens (tertiary/aromatic N) is 1. The minimum absolute atomic E-state index is 0.0353. The van der Waals surface area contributed by atoms with Crippen molar-refractivity contribution >= 4 is 28.8 Å². The standard InChI is InChI=1S/C12H12ClNO2/c1-8-4-10-9(7-16)6-14(2-3-15)12(10)5-11(8)13/h4-7,15H,2-3H2,1H3. The molecule has 1 aromatic heterocycles. The molecule has 1 N–H and O–H groups in total. The maximum absolute atomic E-state index is 10.9. The highest BCUT2D eigenvalue weighted by atomic mass is 35.5. The Labute approximate surface area is 98.3 Å². The number of aliphatic hydroxyl groups excluding tert-OH is 1. The molecule has 0 saturated heterocycles. The molecule has 1 aromatic carbocycles. The molecular formula is C12H12ClNO2. The zero-order chi connectivity index (χ0) is 11.7. The number of aromatic nitrogens is 1. The van der Waals surface area contributed by atoms with E-state index in [1.165, 1.54) is 0 Å². The van der Waals surface area contributed by atoms with Crippen molar-refractivity contribution in [1.82, 2.24) is 4.57 Å². The molecular weight excluding hydrogens is 226 g/mol. The second kappa shape index (κ2) is 4.28. The normalized spacial score (nSPS) is 10.9. The molecule has 0 amide bonds. The van der Waals surface area contributed by atoms with Crippen LogP contribution in [0.2, 0.25) is 5.02 Å². The highest BCUT2D eigenvalue weighted by Gasteiger charge is 2.09. The first kappa shape index (κ1) is 11.2. The van der Waals surface area contributed by atoms with E-state index in [-0.39, 0.29) is 6.61 Å². The number of benzene rings is 1. The smallest absolute Gasteiger partial charge is 0.152 e. The maximum Gasteiger partial charge on any atom is 0.152 e. The fraction of sp³-hybridized carbons (Fsp3) is 0.250. The van der Waals surface area contributed by atoms with Gasteiger partial charge in [-0.3, -0.25) is 4.79 Å². The van der Waals surface area contributed by atoms with E-state index in [0.717, 1.165) is 22.8 Å². The van der Waals surface area contributed by atoms with Gasteiger partial charge in [0.1, 0.15) is 0 Å². The molecule has 0 fully saturated rings. The summed E-state index contributed by atoms with van der Waals surface area (Å²) < 4.78 is 1.84. The average molecular weight is 238 g/mol. The topological polar surface area (TPSA) is 42.2 Å². The van der Waals surface area contributed by atoms with Crippen LogP contribution in [-0.4, -0.2) is 22.6 Å². The molecule has 0 saturated carbocycles. The number of hydrogen-bond donors (Lipinski definition) is 1. The van der Waals surface area contributed by atoms with Crippen LogP contribution in [0.25, 0.3) is 10.9 Å². The van der Waals surface area contributed by atoms with E-state index in [4.69, 9.17) is 16.7 Å². The van der Waals surface area contributed by atoms with Gasteiger partial charge in [0.2, 0.25) is 0 Å². The second-order valence-electron chi connectivity index (χ2n) is 3.74. The van der Waals surface area contributed by atoms with Crippen LogP contribution in [0.4, 0.5) is 0 Å². The van der Waals surface area contributed by atoms with Gasteiger partial charge in [0.25, 0.3) is 0 Å². The van der Waals surface area contributed by atoms with Crippen molar-refractivity contribution in [3.05, 3.63) is 34.5 Å². The Morgan fingerprint density at radius 1 is 1.50 bits per heavy atom. The van der Waals surface area contributed by atoms with Gasteiger partial charge >= 0.3 is 0 Å². The Kier molecular flexibility index (Phi) is 2.99. The van der Waals surface area contributed by atoms with Crippen molar-refractivity contribution in [2.24, 2.45) is 0 Å². The quantitative estimate of drug-likeness (QED) is 0.833. The molecule has 0 radical (unpaired) electrons. The van der Waals surface area contributed by atoms with Gasteiger partial charge in [-0.2, -0.15) is 0 Å². The van der Waals surface area contributed by atoms with E-state index >= 15 is 0 Å². The Hall–Kier alpha value is -1.32. The number of aliphatic hydroxyl groups is 1. The van der Waals surface area contributed by atoms with Gasteiger partial charge in [-0.1, -0.05) is 11.6 Å². The van der Waals surface area contributed by atoms with Crippen LogP contribution in [0.15, 0.2) is 18.3 Å². The molecule has 4 heteroatoms. The van der Waals surface area contributed by atoms with Gasteiger partial charge in [0.05, 0.1) is 12.1 Å². The van der Waals surface area contributed by atoms with Gasteiger partial charge in [0.15, 0.2) is 6.29 Å². The lowest BCUT2D eigenvalue weighted by atomic mass is 10.1. The van der Waals surface area contributed by atoms with Gasteiger partial charge in [-0.25, -0.2) is 0 Å². The third-order valence-corrected chi connectivity index (χ3v) is 3.07. The summed E-state index contributed by atoms with van der Waals surface area (Å²) in [5.74, 6) is 0. The molecule has 0 atom stereocenters. The third-order valence-electron chi connectivity index (χ3n) is 2.66. The fourth-order valence-electron chi connectivity index (χ4n) is 1.83. The van der Waals surface area contributed by atoms with Crippen LogP contribution < -0.4 is 0 Å². The number of carbonyl (C=O) groups is 1. The summed E-state index contributed by atoms with van der Waals surface area (Å²) in [6.45, 7) is 2.40. The van der Waals surface area contributed by atoms with Crippen molar-refractivity contribution in [2.75, 3.05) is 6.61 Å². The average Bonchev–Trinajstić information content (AvgIpc) is 2.58. The molecule has 0 aliphatic heterocycles. The largest absolute Gasteiger partial charge is 0.395 e. The van der Waals surface area contributed by atoms with E-state index < -0.39 is 0 Å². The van der Waals surface area contributed by atoms with Crippen LogP contribution in [-0.2, 0) is 6.54 Å². The van der Waals surface area contributed by atoms with E-state index in [2.05, 4.69) is 0 Å². The molecule has 2 rings (SSSR count). The first-order valence-electron chi connectivity index (χ1n) is 5.02. The predicted octanol–water partition coefficient (Wildman–Crippen LogP) is 2.41. The number of rotatable bonds is 3. The van der Waals surface area contributed by atoms with Gasteiger partial charge in [-0.15, -0.1) is 0 Å². The third kappa shape index (κ3) is 1.72. The Morgan fingerprint density at radius 3 is 2.88 bits per heavy atom. The minimum atomic E-state index is 0.0353. The monoisotopic (exact) mass is 237 g/mol. The molecule has 0 unspecified atom stereocenters. The zero-order valence-electron chi connectivity index (χ0n) is 8.90. The Balaban J connectivity index is 2.74. The summed E-state index contributed by atoms with van der Waals surface area (Å²) in [6.07, 6.45) is 2.56. The highest BCUT2D eigenvalue weighted by molar-refractivity contribution is 6.32. The Bertz CT molecular complexity index is 545. The fourth-order valence-corrected chi connectivity index (χ4v) is 1.99. The lowest BCUT2D eigenvalue weighted by Gasteiger charge is -2.04. The summed E-state index contributed by atoms with van der Waals surface area (Å²) in [5.41, 5.74) is 2.45. The number of fused-ring (bicyclic) bond motifs is 1.